The molecular weight excluding hydrogens is 346 g/mol. The summed E-state index contributed by atoms with van der Waals surface area (Å²) < 4.78 is 1.73. The van der Waals surface area contributed by atoms with E-state index >= 15 is 0 Å². The summed E-state index contributed by atoms with van der Waals surface area (Å²) >= 11 is 6.04. The Labute approximate surface area is 154 Å². The average molecular weight is 360 g/mol. The fourth-order valence-electron chi connectivity index (χ4n) is 3.47. The SMILES string of the molecule is O=c1c2ccccc2nc2n1C(c1ccc(Cl)cc1)Nc1ccccc1-2. The van der Waals surface area contributed by atoms with E-state index in [0.29, 0.717) is 21.7 Å². The second kappa shape index (κ2) is 5.71. The van der Waals surface area contributed by atoms with E-state index in [1.807, 2.05) is 72.8 Å². The normalized spacial score (nSPS) is 15.2. The molecule has 1 aromatic heterocycles. The van der Waals surface area contributed by atoms with Crippen LogP contribution in [0.15, 0.2) is 77.6 Å². The lowest BCUT2D eigenvalue weighted by atomic mass is 10.0. The lowest BCUT2D eigenvalue weighted by Crippen LogP contribution is -2.35. The van der Waals surface area contributed by atoms with Gasteiger partial charge in [-0.3, -0.25) is 9.36 Å². The van der Waals surface area contributed by atoms with Gasteiger partial charge in [-0.1, -0.05) is 48.0 Å². The van der Waals surface area contributed by atoms with Crippen molar-refractivity contribution in [2.75, 3.05) is 5.32 Å². The summed E-state index contributed by atoms with van der Waals surface area (Å²) in [5, 5.41) is 4.74. The van der Waals surface area contributed by atoms with Crippen LogP contribution >= 0.6 is 11.6 Å². The van der Waals surface area contributed by atoms with Gasteiger partial charge in [0.05, 0.1) is 10.9 Å². The molecule has 1 atom stereocenters. The van der Waals surface area contributed by atoms with Gasteiger partial charge >= 0.3 is 0 Å². The van der Waals surface area contributed by atoms with Crippen molar-refractivity contribution in [3.63, 3.8) is 0 Å². The van der Waals surface area contributed by atoms with Crippen molar-refractivity contribution >= 4 is 28.2 Å². The molecule has 2 heterocycles. The maximum absolute atomic E-state index is 13.3. The van der Waals surface area contributed by atoms with Crippen molar-refractivity contribution in [2.24, 2.45) is 0 Å². The molecule has 0 fully saturated rings. The van der Waals surface area contributed by atoms with Gasteiger partial charge < -0.3 is 5.32 Å². The molecule has 0 aliphatic carbocycles. The van der Waals surface area contributed by atoms with Gasteiger partial charge in [0, 0.05) is 16.3 Å². The molecule has 126 valence electrons. The van der Waals surface area contributed by atoms with Gasteiger partial charge in [0.1, 0.15) is 12.0 Å². The predicted molar refractivity (Wildman–Crippen MR) is 105 cm³/mol. The number of para-hydroxylation sites is 2. The van der Waals surface area contributed by atoms with Gasteiger partial charge in [-0.05, 0) is 42.0 Å². The molecule has 1 N–H and O–H groups in total. The quantitative estimate of drug-likeness (QED) is 0.536. The van der Waals surface area contributed by atoms with E-state index in [4.69, 9.17) is 16.6 Å². The van der Waals surface area contributed by atoms with Gasteiger partial charge in [0.2, 0.25) is 0 Å². The predicted octanol–water partition coefficient (Wildman–Crippen LogP) is 4.69. The third-order valence-corrected chi connectivity index (χ3v) is 4.96. The lowest BCUT2D eigenvalue weighted by Gasteiger charge is -2.31. The van der Waals surface area contributed by atoms with E-state index in [1.165, 1.54) is 0 Å². The molecule has 1 aliphatic heterocycles. The molecule has 0 saturated carbocycles. The van der Waals surface area contributed by atoms with Crippen LogP contribution in [0.4, 0.5) is 5.69 Å². The highest BCUT2D eigenvalue weighted by Gasteiger charge is 2.27. The van der Waals surface area contributed by atoms with Crippen molar-refractivity contribution in [1.82, 2.24) is 9.55 Å². The number of aromatic nitrogens is 2. The topological polar surface area (TPSA) is 46.9 Å². The zero-order chi connectivity index (χ0) is 17.7. The Morgan fingerprint density at radius 3 is 2.50 bits per heavy atom. The molecule has 1 unspecified atom stereocenters. The largest absolute Gasteiger partial charge is 0.360 e. The molecule has 0 radical (unpaired) electrons. The fraction of sp³-hybridized carbons (Fsp3) is 0.0476. The van der Waals surface area contributed by atoms with Crippen molar-refractivity contribution in [3.05, 3.63) is 93.7 Å². The van der Waals surface area contributed by atoms with Gasteiger partial charge in [0.25, 0.3) is 5.56 Å². The highest BCUT2D eigenvalue weighted by molar-refractivity contribution is 6.30. The minimum absolute atomic E-state index is 0.0625. The van der Waals surface area contributed by atoms with E-state index in [-0.39, 0.29) is 11.7 Å². The van der Waals surface area contributed by atoms with Crippen LogP contribution < -0.4 is 10.9 Å². The number of benzene rings is 3. The third-order valence-electron chi connectivity index (χ3n) is 4.71. The molecule has 0 spiro atoms. The summed E-state index contributed by atoms with van der Waals surface area (Å²) in [6, 6.07) is 22.9. The fourth-order valence-corrected chi connectivity index (χ4v) is 3.59. The maximum Gasteiger partial charge on any atom is 0.263 e. The first kappa shape index (κ1) is 15.2. The second-order valence-electron chi connectivity index (χ2n) is 6.27. The van der Waals surface area contributed by atoms with Gasteiger partial charge in [-0.15, -0.1) is 0 Å². The number of hydrogen-bond donors (Lipinski definition) is 1. The molecule has 3 aromatic carbocycles. The van der Waals surface area contributed by atoms with Gasteiger partial charge in [0.15, 0.2) is 0 Å². The van der Waals surface area contributed by atoms with Crippen molar-refractivity contribution in [1.29, 1.82) is 0 Å². The number of rotatable bonds is 1. The zero-order valence-corrected chi connectivity index (χ0v) is 14.4. The molecule has 4 aromatic rings. The molecule has 5 rings (SSSR count). The third kappa shape index (κ3) is 2.23. The van der Waals surface area contributed by atoms with Crippen molar-refractivity contribution in [3.8, 4) is 11.4 Å². The maximum atomic E-state index is 13.3. The molecule has 4 nitrogen and oxygen atoms in total. The Hall–Kier alpha value is -3.11. The number of hydrogen-bond acceptors (Lipinski definition) is 3. The summed E-state index contributed by atoms with van der Waals surface area (Å²) in [5.41, 5.74) is 3.46. The Balaban J connectivity index is 1.86. The standard InChI is InChI=1S/C21H14ClN3O/c22-14-11-9-13(10-12-14)19-23-17-7-3-1-5-15(17)20-24-18-8-4-2-6-16(18)21(26)25(19)20/h1-12,19,23H. The Kier molecular flexibility index (Phi) is 3.33. The zero-order valence-electron chi connectivity index (χ0n) is 13.7. The monoisotopic (exact) mass is 359 g/mol. The van der Waals surface area contributed by atoms with E-state index in [9.17, 15) is 4.79 Å². The molecule has 0 saturated heterocycles. The van der Waals surface area contributed by atoms with Crippen LogP contribution in [-0.4, -0.2) is 9.55 Å². The summed E-state index contributed by atoms with van der Waals surface area (Å²) in [6.45, 7) is 0. The average Bonchev–Trinajstić information content (AvgIpc) is 2.68. The minimum Gasteiger partial charge on any atom is -0.360 e. The number of halogens is 1. The number of nitrogens with one attached hydrogen (secondary N) is 1. The molecule has 1 aliphatic rings. The summed E-state index contributed by atoms with van der Waals surface area (Å²) in [6.07, 6.45) is -0.346. The number of fused-ring (bicyclic) bond motifs is 4. The van der Waals surface area contributed by atoms with E-state index in [0.717, 1.165) is 16.8 Å². The highest BCUT2D eigenvalue weighted by Crippen LogP contribution is 2.36. The summed E-state index contributed by atoms with van der Waals surface area (Å²) in [4.78, 5) is 18.1. The van der Waals surface area contributed by atoms with Crippen LogP contribution in [-0.2, 0) is 0 Å². The molecule has 0 amide bonds. The second-order valence-corrected chi connectivity index (χ2v) is 6.71. The molecular formula is C21H14ClN3O. The van der Waals surface area contributed by atoms with Crippen molar-refractivity contribution < 1.29 is 0 Å². The first-order valence-electron chi connectivity index (χ1n) is 8.35. The Bertz CT molecular complexity index is 1200. The molecule has 26 heavy (non-hydrogen) atoms. The van der Waals surface area contributed by atoms with Crippen LogP contribution in [0.2, 0.25) is 5.02 Å². The van der Waals surface area contributed by atoms with Crippen LogP contribution in [0.25, 0.3) is 22.3 Å². The van der Waals surface area contributed by atoms with Crippen LogP contribution in [0.5, 0.6) is 0 Å². The lowest BCUT2D eigenvalue weighted by molar-refractivity contribution is 0.620. The smallest absolute Gasteiger partial charge is 0.263 e. The number of nitrogens with zero attached hydrogens (tertiary/aromatic N) is 2. The van der Waals surface area contributed by atoms with Crippen LogP contribution in [0, 0.1) is 0 Å². The van der Waals surface area contributed by atoms with Gasteiger partial charge in [-0.25, -0.2) is 4.98 Å². The first-order valence-corrected chi connectivity index (χ1v) is 8.73. The van der Waals surface area contributed by atoms with Gasteiger partial charge in [-0.2, -0.15) is 0 Å². The van der Waals surface area contributed by atoms with Crippen LogP contribution in [0.1, 0.15) is 11.7 Å². The van der Waals surface area contributed by atoms with E-state index in [1.54, 1.807) is 4.57 Å². The van der Waals surface area contributed by atoms with Crippen LogP contribution in [0.3, 0.4) is 0 Å². The van der Waals surface area contributed by atoms with E-state index in [2.05, 4.69) is 5.32 Å². The minimum atomic E-state index is -0.346. The Morgan fingerprint density at radius 2 is 1.65 bits per heavy atom. The van der Waals surface area contributed by atoms with Crippen molar-refractivity contribution in [2.45, 2.75) is 6.17 Å². The molecule has 0 bridgehead atoms. The highest BCUT2D eigenvalue weighted by atomic mass is 35.5. The first-order chi connectivity index (χ1) is 12.7. The number of anilines is 1. The summed E-state index contributed by atoms with van der Waals surface area (Å²) in [5.74, 6) is 0.669. The molecule has 5 heteroatoms. The Morgan fingerprint density at radius 1 is 0.923 bits per heavy atom. The van der Waals surface area contributed by atoms with E-state index < -0.39 is 0 Å². The summed E-state index contributed by atoms with van der Waals surface area (Å²) in [7, 11) is 0.